The largest absolute Gasteiger partial charge is 0.491 e. The smallest absolute Gasteiger partial charge is 0.400 e. The van der Waals surface area contributed by atoms with Crippen LogP contribution in [-0.4, -0.2) is 34.2 Å². The molecule has 0 aromatic carbocycles. The van der Waals surface area contributed by atoms with E-state index < -0.39 is 18.3 Å². The number of nitrogens with zero attached hydrogens (tertiary/aromatic N) is 1. The van der Waals surface area contributed by atoms with E-state index in [1.54, 1.807) is 6.92 Å². The van der Waals surface area contributed by atoms with E-state index in [4.69, 9.17) is 9.31 Å². The molecule has 0 N–H and O–H groups in total. The SMILES string of the molecule is CC(=O)SCC(=Cc1ccc(C)cn1)B1OC(C)(C)C(C)(C)O1. The third kappa shape index (κ3) is 4.46. The number of carbonyl (C=O) groups excluding carboxylic acids is 1. The molecule has 1 aliphatic rings. The van der Waals surface area contributed by atoms with Gasteiger partial charge in [0, 0.05) is 18.9 Å². The summed E-state index contributed by atoms with van der Waals surface area (Å²) in [5, 5.41) is 0.0734. The lowest BCUT2D eigenvalue weighted by Gasteiger charge is -2.32. The molecule has 0 unspecified atom stereocenters. The Kier molecular flexibility index (Phi) is 5.39. The first-order valence-corrected chi connectivity index (χ1v) is 8.71. The summed E-state index contributed by atoms with van der Waals surface area (Å²) in [5.41, 5.74) is 2.05. The molecule has 0 spiro atoms. The highest BCUT2D eigenvalue weighted by atomic mass is 32.2. The van der Waals surface area contributed by atoms with Crippen molar-refractivity contribution < 1.29 is 14.1 Å². The quantitative estimate of drug-likeness (QED) is 0.787. The Balaban J connectivity index is 2.28. The van der Waals surface area contributed by atoms with Gasteiger partial charge in [-0.3, -0.25) is 9.78 Å². The molecule has 0 saturated carbocycles. The van der Waals surface area contributed by atoms with E-state index in [1.165, 1.54) is 11.8 Å². The zero-order chi connectivity index (χ0) is 17.3. The summed E-state index contributed by atoms with van der Waals surface area (Å²) in [6, 6.07) is 3.97. The van der Waals surface area contributed by atoms with Gasteiger partial charge in [-0.2, -0.15) is 0 Å². The molecule has 0 radical (unpaired) electrons. The molecule has 1 aliphatic heterocycles. The van der Waals surface area contributed by atoms with Gasteiger partial charge in [-0.05, 0) is 57.8 Å². The summed E-state index contributed by atoms with van der Waals surface area (Å²) in [4.78, 5) is 15.8. The lowest BCUT2D eigenvalue weighted by Crippen LogP contribution is -2.41. The summed E-state index contributed by atoms with van der Waals surface area (Å²) in [7, 11) is -0.463. The van der Waals surface area contributed by atoms with Crippen LogP contribution in [0.15, 0.2) is 23.8 Å². The highest BCUT2D eigenvalue weighted by Crippen LogP contribution is 2.39. The lowest BCUT2D eigenvalue weighted by molar-refractivity contribution is -0.109. The maximum Gasteiger partial charge on any atom is 0.491 e. The molecule has 0 aliphatic carbocycles. The average Bonchev–Trinajstić information content (AvgIpc) is 2.65. The zero-order valence-electron chi connectivity index (χ0n) is 14.7. The van der Waals surface area contributed by atoms with Crippen LogP contribution in [-0.2, 0) is 14.1 Å². The first-order valence-electron chi connectivity index (χ1n) is 7.73. The predicted octanol–water partition coefficient (Wildman–Crippen LogP) is 3.68. The summed E-state index contributed by atoms with van der Waals surface area (Å²) in [6.45, 7) is 11.7. The van der Waals surface area contributed by atoms with Gasteiger partial charge < -0.3 is 9.31 Å². The molecule has 1 aromatic heterocycles. The van der Waals surface area contributed by atoms with Crippen molar-refractivity contribution in [1.82, 2.24) is 4.98 Å². The van der Waals surface area contributed by atoms with E-state index in [9.17, 15) is 4.79 Å². The molecule has 23 heavy (non-hydrogen) atoms. The summed E-state index contributed by atoms with van der Waals surface area (Å²) < 4.78 is 12.2. The Morgan fingerprint density at radius 2 is 1.87 bits per heavy atom. The van der Waals surface area contributed by atoms with Gasteiger partial charge in [0.2, 0.25) is 0 Å². The number of rotatable bonds is 4. The maximum atomic E-state index is 11.4. The Bertz CT molecular complexity index is 595. The first kappa shape index (κ1) is 18.2. The van der Waals surface area contributed by atoms with Gasteiger partial charge in [0.1, 0.15) is 0 Å². The van der Waals surface area contributed by atoms with Crippen molar-refractivity contribution >= 4 is 30.1 Å². The van der Waals surface area contributed by atoms with Crippen molar-refractivity contribution in [1.29, 1.82) is 0 Å². The summed E-state index contributed by atoms with van der Waals surface area (Å²) in [5.74, 6) is 0.529. The Hall–Kier alpha value is -1.11. The Morgan fingerprint density at radius 1 is 1.26 bits per heavy atom. The third-order valence-electron chi connectivity index (χ3n) is 4.27. The standard InChI is InChI=1S/C17H24BNO3S/c1-12-7-8-15(19-10-12)9-14(11-23-13(2)20)18-21-16(3,4)17(5,6)22-18/h7-10H,11H2,1-6H3. The lowest BCUT2D eigenvalue weighted by atomic mass is 9.78. The number of thioether (sulfide) groups is 1. The molecule has 0 bridgehead atoms. The third-order valence-corrected chi connectivity index (χ3v) is 5.15. The van der Waals surface area contributed by atoms with Crippen molar-refractivity contribution in [3.05, 3.63) is 35.1 Å². The van der Waals surface area contributed by atoms with Crippen molar-refractivity contribution in [3.8, 4) is 0 Å². The number of carbonyl (C=O) groups is 1. The molecule has 2 heterocycles. The summed E-state index contributed by atoms with van der Waals surface area (Å²) >= 11 is 1.25. The number of aryl methyl sites for hydroxylation is 1. The minimum atomic E-state index is -0.463. The normalized spacial score (nSPS) is 19.9. The Morgan fingerprint density at radius 3 is 2.35 bits per heavy atom. The Labute approximate surface area is 143 Å². The first-order chi connectivity index (χ1) is 10.6. The van der Waals surface area contributed by atoms with Crippen LogP contribution in [0.3, 0.4) is 0 Å². The van der Waals surface area contributed by atoms with Gasteiger partial charge in [0.15, 0.2) is 5.12 Å². The van der Waals surface area contributed by atoms with Crippen LogP contribution in [0.1, 0.15) is 45.9 Å². The molecule has 6 heteroatoms. The van der Waals surface area contributed by atoms with Gasteiger partial charge in [-0.15, -0.1) is 0 Å². The van der Waals surface area contributed by atoms with Crippen LogP contribution in [0.4, 0.5) is 0 Å². The second-order valence-electron chi connectivity index (χ2n) is 6.85. The summed E-state index contributed by atoms with van der Waals surface area (Å²) in [6.07, 6.45) is 3.78. The van der Waals surface area contributed by atoms with Crippen molar-refractivity contribution in [2.45, 2.75) is 52.7 Å². The maximum absolute atomic E-state index is 11.4. The van der Waals surface area contributed by atoms with Gasteiger partial charge in [-0.25, -0.2) is 0 Å². The van der Waals surface area contributed by atoms with Crippen molar-refractivity contribution in [2.24, 2.45) is 0 Å². The average molecular weight is 333 g/mol. The van der Waals surface area contributed by atoms with E-state index in [1.807, 2.05) is 59.0 Å². The zero-order valence-corrected chi connectivity index (χ0v) is 15.5. The highest BCUT2D eigenvalue weighted by Gasteiger charge is 2.52. The number of aromatic nitrogens is 1. The van der Waals surface area contributed by atoms with E-state index in [2.05, 4.69) is 4.98 Å². The predicted molar refractivity (Wildman–Crippen MR) is 96.2 cm³/mol. The van der Waals surface area contributed by atoms with Crippen molar-refractivity contribution in [2.75, 3.05) is 5.75 Å². The van der Waals surface area contributed by atoms with Gasteiger partial charge in [-0.1, -0.05) is 17.8 Å². The molecular formula is C17H24BNO3S. The van der Waals surface area contributed by atoms with Crippen LogP contribution in [0.25, 0.3) is 6.08 Å². The molecule has 1 saturated heterocycles. The molecule has 1 fully saturated rings. The van der Waals surface area contributed by atoms with Crippen molar-refractivity contribution in [3.63, 3.8) is 0 Å². The fourth-order valence-corrected chi connectivity index (χ4v) is 2.70. The van der Waals surface area contributed by atoms with Gasteiger partial charge in [0.05, 0.1) is 16.9 Å². The van der Waals surface area contributed by atoms with Crippen LogP contribution < -0.4 is 0 Å². The molecule has 1 aromatic rings. The molecule has 2 rings (SSSR count). The second-order valence-corrected chi connectivity index (χ2v) is 8.00. The monoisotopic (exact) mass is 333 g/mol. The molecular weight excluding hydrogens is 309 g/mol. The van der Waals surface area contributed by atoms with Crippen LogP contribution in [0.5, 0.6) is 0 Å². The minimum absolute atomic E-state index is 0.0734. The van der Waals surface area contributed by atoms with Gasteiger partial charge in [0.25, 0.3) is 0 Å². The van der Waals surface area contributed by atoms with E-state index in [0.29, 0.717) is 5.75 Å². The fourth-order valence-electron chi connectivity index (χ4n) is 2.11. The van der Waals surface area contributed by atoms with E-state index in [-0.39, 0.29) is 5.12 Å². The molecule has 124 valence electrons. The topological polar surface area (TPSA) is 48.4 Å². The molecule has 4 nitrogen and oxygen atoms in total. The second kappa shape index (κ2) is 6.79. The van der Waals surface area contributed by atoms with E-state index in [0.717, 1.165) is 16.7 Å². The van der Waals surface area contributed by atoms with Crippen LogP contribution in [0, 0.1) is 6.92 Å². The van der Waals surface area contributed by atoms with Crippen LogP contribution in [0.2, 0.25) is 0 Å². The number of hydrogen-bond donors (Lipinski definition) is 0. The minimum Gasteiger partial charge on any atom is -0.400 e. The van der Waals surface area contributed by atoms with Crippen LogP contribution >= 0.6 is 11.8 Å². The molecule has 0 amide bonds. The fraction of sp³-hybridized carbons (Fsp3) is 0.529. The number of pyridine rings is 1. The number of hydrogen-bond acceptors (Lipinski definition) is 5. The van der Waals surface area contributed by atoms with Gasteiger partial charge >= 0.3 is 7.12 Å². The highest BCUT2D eigenvalue weighted by molar-refractivity contribution is 8.13. The molecule has 0 atom stereocenters. The van der Waals surface area contributed by atoms with E-state index >= 15 is 0 Å².